The zero-order valence-electron chi connectivity index (χ0n) is 14.4. The Morgan fingerprint density at radius 3 is 2.19 bits per heavy atom. The highest BCUT2D eigenvalue weighted by Gasteiger charge is 2.35. The molecule has 1 aliphatic rings. The molecule has 0 spiro atoms. The molecule has 0 saturated heterocycles. The van der Waals surface area contributed by atoms with E-state index in [9.17, 15) is 14.7 Å². The second-order valence-electron chi connectivity index (χ2n) is 6.47. The summed E-state index contributed by atoms with van der Waals surface area (Å²) in [5.41, 5.74) is 2.87. The van der Waals surface area contributed by atoms with Crippen molar-refractivity contribution in [2.75, 3.05) is 6.61 Å². The molecule has 0 unspecified atom stereocenters. The van der Waals surface area contributed by atoms with Crippen LogP contribution >= 0.6 is 0 Å². The number of carboxylic acids is 1. The minimum absolute atomic E-state index is 0.0862. The molecule has 0 saturated carbocycles. The third-order valence-electron chi connectivity index (χ3n) is 4.65. The molecule has 0 aliphatic heterocycles. The maximum atomic E-state index is 12.2. The fraction of sp³-hybridized carbons (Fsp3) is 0.238. The summed E-state index contributed by atoms with van der Waals surface area (Å²) >= 11 is 0. The molecule has 0 fully saturated rings. The molecule has 5 nitrogen and oxygen atoms in total. The summed E-state index contributed by atoms with van der Waals surface area (Å²) in [4.78, 5) is 23.5. The second-order valence-corrected chi connectivity index (χ2v) is 6.47. The fourth-order valence-corrected chi connectivity index (χ4v) is 3.24. The van der Waals surface area contributed by atoms with Gasteiger partial charge in [-0.25, -0.2) is 9.59 Å². The van der Waals surface area contributed by atoms with Gasteiger partial charge in [0.2, 0.25) is 0 Å². The average Bonchev–Trinajstić information content (AvgIpc) is 2.94. The van der Waals surface area contributed by atoms with Gasteiger partial charge in [0.05, 0.1) is 0 Å². The number of aliphatic carboxylic acids is 1. The lowest BCUT2D eigenvalue weighted by molar-refractivity contribution is -0.143. The highest BCUT2D eigenvalue weighted by atomic mass is 16.5. The highest BCUT2D eigenvalue weighted by Crippen LogP contribution is 2.44. The molecule has 26 heavy (non-hydrogen) atoms. The first-order chi connectivity index (χ1) is 12.5. The quantitative estimate of drug-likeness (QED) is 0.812. The van der Waals surface area contributed by atoms with E-state index in [0.717, 1.165) is 22.3 Å². The van der Waals surface area contributed by atoms with E-state index in [1.54, 1.807) is 0 Å². The van der Waals surface area contributed by atoms with Crippen LogP contribution in [0.2, 0.25) is 0 Å². The Morgan fingerprint density at radius 2 is 1.69 bits per heavy atom. The standard InChI is InChI=1S/C21H19NO4/c1-3-12-21(2,19(23)24)22-20(25)26-13-18-16-10-6-4-8-14(16)15-9-5-7-11-17(15)18/h1,4-11,18H,12-13H2,2H3,(H,22,25)(H,23,24)/t21-/m0/s1. The lowest BCUT2D eigenvalue weighted by Gasteiger charge is -2.24. The Bertz CT molecular complexity index is 853. The molecule has 0 heterocycles. The zero-order chi connectivity index (χ0) is 18.7. The molecular weight excluding hydrogens is 330 g/mol. The minimum Gasteiger partial charge on any atom is -0.479 e. The molecule has 132 valence electrons. The molecule has 2 N–H and O–H groups in total. The number of carbonyl (C=O) groups is 2. The Kier molecular flexibility index (Phi) is 4.68. The van der Waals surface area contributed by atoms with Crippen LogP contribution in [0.1, 0.15) is 30.4 Å². The van der Waals surface area contributed by atoms with Crippen LogP contribution in [0.4, 0.5) is 4.79 Å². The van der Waals surface area contributed by atoms with Gasteiger partial charge in [-0.3, -0.25) is 0 Å². The van der Waals surface area contributed by atoms with Crippen LogP contribution in [0.3, 0.4) is 0 Å². The number of hydrogen-bond donors (Lipinski definition) is 2. The summed E-state index contributed by atoms with van der Waals surface area (Å²) < 4.78 is 5.35. The van der Waals surface area contributed by atoms with Crippen molar-refractivity contribution in [1.82, 2.24) is 5.32 Å². The topological polar surface area (TPSA) is 75.6 Å². The van der Waals surface area contributed by atoms with Crippen molar-refractivity contribution in [2.45, 2.75) is 24.8 Å². The number of nitrogens with one attached hydrogen (secondary N) is 1. The average molecular weight is 349 g/mol. The van der Waals surface area contributed by atoms with Crippen LogP contribution in [0.25, 0.3) is 11.1 Å². The Balaban J connectivity index is 1.75. The highest BCUT2D eigenvalue weighted by molar-refractivity contribution is 5.84. The lowest BCUT2D eigenvalue weighted by atomic mass is 9.98. The van der Waals surface area contributed by atoms with Gasteiger partial charge in [0.1, 0.15) is 12.1 Å². The van der Waals surface area contributed by atoms with Crippen molar-refractivity contribution in [1.29, 1.82) is 0 Å². The van der Waals surface area contributed by atoms with E-state index >= 15 is 0 Å². The van der Waals surface area contributed by atoms with E-state index in [-0.39, 0.29) is 18.9 Å². The van der Waals surface area contributed by atoms with Crippen molar-refractivity contribution in [3.63, 3.8) is 0 Å². The van der Waals surface area contributed by atoms with Gasteiger partial charge in [-0.1, -0.05) is 48.5 Å². The van der Waals surface area contributed by atoms with Gasteiger partial charge in [0.15, 0.2) is 0 Å². The van der Waals surface area contributed by atoms with E-state index in [0.29, 0.717) is 0 Å². The van der Waals surface area contributed by atoms with Gasteiger partial charge in [-0.05, 0) is 29.2 Å². The summed E-state index contributed by atoms with van der Waals surface area (Å²) in [7, 11) is 0. The molecule has 1 aliphatic carbocycles. The molecule has 0 radical (unpaired) electrons. The predicted octanol–water partition coefficient (Wildman–Crippen LogP) is 3.39. The summed E-state index contributed by atoms with van der Waals surface area (Å²) in [5.74, 6) is 0.976. The van der Waals surface area contributed by atoms with Crippen LogP contribution in [0.15, 0.2) is 48.5 Å². The van der Waals surface area contributed by atoms with Gasteiger partial charge < -0.3 is 15.2 Å². The lowest BCUT2D eigenvalue weighted by Crippen LogP contribution is -2.52. The van der Waals surface area contributed by atoms with Crippen molar-refractivity contribution >= 4 is 12.1 Å². The van der Waals surface area contributed by atoms with Crippen molar-refractivity contribution in [2.24, 2.45) is 0 Å². The number of rotatable bonds is 5. The number of carbonyl (C=O) groups excluding carboxylic acids is 1. The molecule has 5 heteroatoms. The zero-order valence-corrected chi connectivity index (χ0v) is 14.4. The van der Waals surface area contributed by atoms with Crippen molar-refractivity contribution < 1.29 is 19.4 Å². The molecule has 2 aromatic carbocycles. The van der Waals surface area contributed by atoms with E-state index in [4.69, 9.17) is 11.2 Å². The van der Waals surface area contributed by atoms with Crippen LogP contribution in [-0.2, 0) is 9.53 Å². The van der Waals surface area contributed by atoms with E-state index in [2.05, 4.69) is 11.2 Å². The Hall–Kier alpha value is -3.26. The molecule has 2 aromatic rings. The first kappa shape index (κ1) is 17.6. The molecular formula is C21H19NO4. The van der Waals surface area contributed by atoms with E-state index < -0.39 is 17.6 Å². The molecule has 3 rings (SSSR count). The van der Waals surface area contributed by atoms with Crippen LogP contribution in [-0.4, -0.2) is 29.3 Å². The largest absolute Gasteiger partial charge is 0.479 e. The van der Waals surface area contributed by atoms with Crippen LogP contribution in [0.5, 0.6) is 0 Å². The summed E-state index contributed by atoms with van der Waals surface area (Å²) in [5, 5.41) is 11.6. The number of amides is 1. The number of hydrogen-bond acceptors (Lipinski definition) is 3. The molecule has 0 aromatic heterocycles. The monoisotopic (exact) mass is 349 g/mol. The first-order valence-electron chi connectivity index (χ1n) is 8.26. The van der Waals surface area contributed by atoms with Crippen LogP contribution in [0, 0.1) is 12.3 Å². The number of benzene rings is 2. The molecule has 1 amide bonds. The SMILES string of the molecule is C#CC[C@](C)(NC(=O)OCC1c2ccccc2-c2ccccc21)C(=O)O. The Labute approximate surface area is 152 Å². The number of carboxylic acid groups (broad SMARTS) is 1. The number of ether oxygens (including phenoxy) is 1. The minimum atomic E-state index is -1.56. The third kappa shape index (κ3) is 3.14. The van der Waals surface area contributed by atoms with E-state index in [1.807, 2.05) is 48.5 Å². The number of terminal acetylenes is 1. The summed E-state index contributed by atoms with van der Waals surface area (Å²) in [6.45, 7) is 1.47. The molecule has 1 atom stereocenters. The van der Waals surface area contributed by atoms with Crippen molar-refractivity contribution in [3.8, 4) is 23.5 Å². The van der Waals surface area contributed by atoms with Gasteiger partial charge in [-0.2, -0.15) is 0 Å². The number of fused-ring (bicyclic) bond motifs is 3. The van der Waals surface area contributed by atoms with Crippen molar-refractivity contribution in [3.05, 3.63) is 59.7 Å². The third-order valence-corrected chi connectivity index (χ3v) is 4.65. The first-order valence-corrected chi connectivity index (χ1v) is 8.26. The van der Waals surface area contributed by atoms with Gasteiger partial charge in [0, 0.05) is 12.3 Å². The summed E-state index contributed by atoms with van der Waals surface area (Å²) in [6.07, 6.45) is 4.27. The number of alkyl carbamates (subject to hydrolysis) is 1. The predicted molar refractivity (Wildman–Crippen MR) is 97.7 cm³/mol. The maximum Gasteiger partial charge on any atom is 0.408 e. The maximum absolute atomic E-state index is 12.2. The normalized spacial score (nSPS) is 14.5. The smallest absolute Gasteiger partial charge is 0.408 e. The molecule has 0 bridgehead atoms. The van der Waals surface area contributed by atoms with Gasteiger partial charge >= 0.3 is 12.1 Å². The van der Waals surface area contributed by atoms with E-state index in [1.165, 1.54) is 6.92 Å². The van der Waals surface area contributed by atoms with Gasteiger partial charge in [-0.15, -0.1) is 12.3 Å². The Morgan fingerprint density at radius 1 is 1.15 bits per heavy atom. The second kappa shape index (κ2) is 6.93. The fourth-order valence-electron chi connectivity index (χ4n) is 3.24. The van der Waals surface area contributed by atoms with Crippen LogP contribution < -0.4 is 5.32 Å². The van der Waals surface area contributed by atoms with Gasteiger partial charge in [0.25, 0.3) is 0 Å². The summed E-state index contributed by atoms with van der Waals surface area (Å²) in [6, 6.07) is 16.0.